The van der Waals surface area contributed by atoms with Crippen LogP contribution in [-0.2, 0) is 0 Å². The lowest BCUT2D eigenvalue weighted by Crippen LogP contribution is -1.89. The number of nitrogens with zero attached hydrogens (tertiary/aromatic N) is 2. The monoisotopic (exact) mass is 305 g/mol. The number of thiophene rings is 1. The summed E-state index contributed by atoms with van der Waals surface area (Å²) in [5.41, 5.74) is 1.05. The molecule has 3 aromatic rings. The molecular weight excluding hydrogens is 293 g/mol. The summed E-state index contributed by atoms with van der Waals surface area (Å²) in [4.78, 5) is 5.54. The fourth-order valence-corrected chi connectivity index (χ4v) is 3.30. The van der Waals surface area contributed by atoms with Crippen LogP contribution in [0.4, 0.5) is 4.39 Å². The van der Waals surface area contributed by atoms with Crippen LogP contribution in [-0.4, -0.2) is 15.2 Å². The smallest absolute Gasteiger partial charge is 0.209 e. The Labute approximate surface area is 124 Å². The van der Waals surface area contributed by atoms with E-state index in [1.54, 1.807) is 35.2 Å². The van der Waals surface area contributed by atoms with E-state index in [-0.39, 0.29) is 11.1 Å². The van der Waals surface area contributed by atoms with Gasteiger partial charge in [0.2, 0.25) is 5.16 Å². The van der Waals surface area contributed by atoms with Gasteiger partial charge >= 0.3 is 0 Å². The van der Waals surface area contributed by atoms with Crippen molar-refractivity contribution in [1.29, 1.82) is 0 Å². The first-order valence-electron chi connectivity index (χ1n) is 6.11. The Hall–Kier alpha value is -1.66. The summed E-state index contributed by atoms with van der Waals surface area (Å²) >= 11 is 3.17. The van der Waals surface area contributed by atoms with Crippen LogP contribution >= 0.6 is 23.1 Å². The Morgan fingerprint density at radius 1 is 1.25 bits per heavy atom. The molecule has 0 aliphatic heterocycles. The van der Waals surface area contributed by atoms with Crippen LogP contribution in [0, 0.1) is 5.82 Å². The second-order valence-electron chi connectivity index (χ2n) is 4.26. The molecule has 0 aliphatic rings. The Morgan fingerprint density at radius 2 is 2.05 bits per heavy atom. The molecule has 1 N–H and O–H groups in total. The molecule has 20 heavy (non-hydrogen) atoms. The highest BCUT2D eigenvalue weighted by Gasteiger charge is 2.12. The molecule has 0 aliphatic carbocycles. The number of nitrogens with one attached hydrogen (secondary N) is 1. The van der Waals surface area contributed by atoms with Crippen molar-refractivity contribution in [2.45, 2.75) is 17.3 Å². The molecule has 6 heteroatoms. The van der Waals surface area contributed by atoms with Gasteiger partial charge < -0.3 is 0 Å². The Bertz CT molecular complexity index is 677. The number of thioether (sulfide) groups is 1. The molecule has 2 heterocycles. The lowest BCUT2D eigenvalue weighted by molar-refractivity contribution is 0.627. The van der Waals surface area contributed by atoms with Crippen LogP contribution in [0.5, 0.6) is 0 Å². The normalized spacial score (nSPS) is 12.5. The Balaban J connectivity index is 1.73. The molecular formula is C14H12FN3S2. The quantitative estimate of drug-likeness (QED) is 0.720. The number of aromatic amines is 1. The van der Waals surface area contributed by atoms with Crippen molar-refractivity contribution < 1.29 is 4.39 Å². The third-order valence-electron chi connectivity index (χ3n) is 2.84. The molecule has 0 saturated heterocycles. The van der Waals surface area contributed by atoms with Gasteiger partial charge in [-0.05, 0) is 36.1 Å². The third-order valence-corrected chi connectivity index (χ3v) is 4.74. The molecule has 0 spiro atoms. The van der Waals surface area contributed by atoms with Gasteiger partial charge in [-0.2, -0.15) is 0 Å². The molecule has 2 aromatic heterocycles. The molecule has 0 fully saturated rings. The largest absolute Gasteiger partial charge is 0.257 e. The van der Waals surface area contributed by atoms with Crippen LogP contribution in [0.2, 0.25) is 0 Å². The SMILES string of the molecule is C[C@@H](Sc1n[nH]c(-c2cccs2)n1)c1ccc(F)cc1. The average Bonchev–Trinajstić information content (AvgIpc) is 3.09. The zero-order valence-corrected chi connectivity index (χ0v) is 12.3. The number of H-pyrrole nitrogens is 1. The maximum Gasteiger partial charge on any atom is 0.209 e. The molecule has 0 amide bonds. The molecule has 3 rings (SSSR count). The van der Waals surface area contributed by atoms with E-state index in [1.807, 2.05) is 17.5 Å². The standard InChI is InChI=1S/C14H12FN3S2/c1-9(10-4-6-11(15)7-5-10)20-14-16-13(17-18-14)12-3-2-8-19-12/h2-9H,1H3,(H,16,17,18)/t9-/m1/s1. The van der Waals surface area contributed by atoms with E-state index < -0.39 is 0 Å². The van der Waals surface area contributed by atoms with Crippen molar-refractivity contribution in [2.75, 3.05) is 0 Å². The van der Waals surface area contributed by atoms with E-state index in [0.29, 0.717) is 5.16 Å². The van der Waals surface area contributed by atoms with Crippen molar-refractivity contribution in [3.05, 3.63) is 53.2 Å². The first-order valence-corrected chi connectivity index (χ1v) is 7.87. The van der Waals surface area contributed by atoms with Gasteiger partial charge in [0, 0.05) is 5.25 Å². The third kappa shape index (κ3) is 2.91. The fourth-order valence-electron chi connectivity index (χ4n) is 1.78. The highest BCUT2D eigenvalue weighted by Crippen LogP contribution is 2.33. The predicted molar refractivity (Wildman–Crippen MR) is 80.4 cm³/mol. The summed E-state index contributed by atoms with van der Waals surface area (Å²) in [6, 6.07) is 10.5. The number of hydrogen-bond acceptors (Lipinski definition) is 4. The topological polar surface area (TPSA) is 41.6 Å². The number of halogens is 1. The van der Waals surface area contributed by atoms with Gasteiger partial charge in [0.15, 0.2) is 5.82 Å². The van der Waals surface area contributed by atoms with Crippen molar-refractivity contribution >= 4 is 23.1 Å². The molecule has 1 aromatic carbocycles. The molecule has 3 nitrogen and oxygen atoms in total. The van der Waals surface area contributed by atoms with Gasteiger partial charge in [-0.1, -0.05) is 30.0 Å². The number of benzene rings is 1. The van der Waals surface area contributed by atoms with Gasteiger partial charge in [0.25, 0.3) is 0 Å². The minimum atomic E-state index is -0.219. The van der Waals surface area contributed by atoms with Crippen LogP contribution in [0.1, 0.15) is 17.7 Å². The van der Waals surface area contributed by atoms with E-state index >= 15 is 0 Å². The highest BCUT2D eigenvalue weighted by molar-refractivity contribution is 7.99. The minimum absolute atomic E-state index is 0.169. The van der Waals surface area contributed by atoms with Crippen molar-refractivity contribution in [3.8, 4) is 10.7 Å². The van der Waals surface area contributed by atoms with Gasteiger partial charge in [-0.3, -0.25) is 5.10 Å². The van der Waals surface area contributed by atoms with Gasteiger partial charge in [0.1, 0.15) is 5.82 Å². The zero-order valence-electron chi connectivity index (χ0n) is 10.7. The fraction of sp³-hybridized carbons (Fsp3) is 0.143. The van der Waals surface area contributed by atoms with Gasteiger partial charge in [-0.25, -0.2) is 9.37 Å². The van der Waals surface area contributed by atoms with E-state index in [0.717, 1.165) is 16.3 Å². The summed E-state index contributed by atoms with van der Waals surface area (Å²) in [6.07, 6.45) is 0. The first-order chi connectivity index (χ1) is 9.72. The van der Waals surface area contributed by atoms with Crippen LogP contribution in [0.15, 0.2) is 46.9 Å². The van der Waals surface area contributed by atoms with Gasteiger partial charge in [-0.15, -0.1) is 16.4 Å². The summed E-state index contributed by atoms with van der Waals surface area (Å²) in [5, 5.41) is 10.0. The van der Waals surface area contributed by atoms with E-state index in [1.165, 1.54) is 12.1 Å². The zero-order chi connectivity index (χ0) is 13.9. The molecule has 0 bridgehead atoms. The molecule has 1 atom stereocenters. The molecule has 0 unspecified atom stereocenters. The van der Waals surface area contributed by atoms with Crippen molar-refractivity contribution in [1.82, 2.24) is 15.2 Å². The maximum atomic E-state index is 12.9. The van der Waals surface area contributed by atoms with Crippen LogP contribution < -0.4 is 0 Å². The maximum absolute atomic E-state index is 12.9. The number of rotatable bonds is 4. The van der Waals surface area contributed by atoms with E-state index in [2.05, 4.69) is 22.1 Å². The lowest BCUT2D eigenvalue weighted by Gasteiger charge is -2.08. The molecule has 0 saturated carbocycles. The Morgan fingerprint density at radius 3 is 2.75 bits per heavy atom. The minimum Gasteiger partial charge on any atom is -0.257 e. The second kappa shape index (κ2) is 5.76. The summed E-state index contributed by atoms with van der Waals surface area (Å²) in [5.74, 6) is 0.567. The average molecular weight is 305 g/mol. The highest BCUT2D eigenvalue weighted by atomic mass is 32.2. The number of hydrogen-bond donors (Lipinski definition) is 1. The summed E-state index contributed by atoms with van der Waals surface area (Å²) < 4.78 is 12.9. The van der Waals surface area contributed by atoms with Crippen LogP contribution in [0.3, 0.4) is 0 Å². The van der Waals surface area contributed by atoms with Gasteiger partial charge in [0.05, 0.1) is 4.88 Å². The predicted octanol–water partition coefficient (Wildman–Crippen LogP) is 4.53. The van der Waals surface area contributed by atoms with E-state index in [9.17, 15) is 4.39 Å². The number of aromatic nitrogens is 3. The molecule has 102 valence electrons. The van der Waals surface area contributed by atoms with Crippen molar-refractivity contribution in [3.63, 3.8) is 0 Å². The Kier molecular flexibility index (Phi) is 3.84. The summed E-state index contributed by atoms with van der Waals surface area (Å²) in [7, 11) is 0. The van der Waals surface area contributed by atoms with Crippen molar-refractivity contribution in [2.24, 2.45) is 0 Å². The van der Waals surface area contributed by atoms with E-state index in [4.69, 9.17) is 0 Å². The van der Waals surface area contributed by atoms with Crippen LogP contribution in [0.25, 0.3) is 10.7 Å². The first kappa shape index (κ1) is 13.3. The molecule has 0 radical (unpaired) electrons. The second-order valence-corrected chi connectivity index (χ2v) is 6.51. The lowest BCUT2D eigenvalue weighted by atomic mass is 10.2. The summed E-state index contributed by atoms with van der Waals surface area (Å²) in [6.45, 7) is 2.05.